The van der Waals surface area contributed by atoms with Gasteiger partial charge in [0.1, 0.15) is 0 Å². The quantitative estimate of drug-likeness (QED) is 0.910. The van der Waals surface area contributed by atoms with Crippen molar-refractivity contribution in [1.29, 1.82) is 0 Å². The molecular weight excluding hydrogens is 250 g/mol. The van der Waals surface area contributed by atoms with Crippen LogP contribution in [0, 0.1) is 6.92 Å². The van der Waals surface area contributed by atoms with E-state index in [9.17, 15) is 4.79 Å². The van der Waals surface area contributed by atoms with Gasteiger partial charge in [0, 0.05) is 23.9 Å². The summed E-state index contributed by atoms with van der Waals surface area (Å²) in [6.45, 7) is 2.00. The van der Waals surface area contributed by atoms with Crippen molar-refractivity contribution < 1.29 is 4.79 Å². The van der Waals surface area contributed by atoms with Crippen LogP contribution in [0.1, 0.15) is 46.1 Å². The molecule has 3 rings (SSSR count). The normalized spacial score (nSPS) is 17.6. The van der Waals surface area contributed by atoms with Gasteiger partial charge in [-0.05, 0) is 38.3 Å². The predicted octanol–water partition coefficient (Wildman–Crippen LogP) is 2.54. The Morgan fingerprint density at radius 1 is 1.45 bits per heavy atom. The van der Waals surface area contributed by atoms with E-state index in [1.165, 1.54) is 11.3 Å². The maximum atomic E-state index is 12.3. The van der Waals surface area contributed by atoms with Crippen LogP contribution < -0.4 is 5.32 Å². The minimum atomic E-state index is -0.00426. The standard InChI is InChI=1S/C16H19N3O/c1-11-5-3-6-12(9-11)16(20)18-14-7-4-8-15-13(14)10-17-19(15)2/h3,5-6,9-10,14H,4,7-8H2,1-2H3,(H,18,20)/t14-/m1/s1. The largest absolute Gasteiger partial charge is 0.345 e. The second kappa shape index (κ2) is 5.12. The van der Waals surface area contributed by atoms with E-state index in [0.717, 1.165) is 30.4 Å². The van der Waals surface area contributed by atoms with Gasteiger partial charge < -0.3 is 5.32 Å². The molecule has 1 aliphatic carbocycles. The molecule has 1 amide bonds. The molecule has 4 nitrogen and oxygen atoms in total. The van der Waals surface area contributed by atoms with Gasteiger partial charge in [-0.2, -0.15) is 5.10 Å². The van der Waals surface area contributed by atoms with Gasteiger partial charge in [0.25, 0.3) is 5.91 Å². The number of hydrogen-bond acceptors (Lipinski definition) is 2. The molecule has 0 spiro atoms. The SMILES string of the molecule is Cc1cccc(C(=O)N[C@@H]2CCCc3c2cnn3C)c1. The zero-order valence-electron chi connectivity index (χ0n) is 11.9. The first-order chi connectivity index (χ1) is 9.65. The van der Waals surface area contributed by atoms with Gasteiger partial charge in [-0.15, -0.1) is 0 Å². The summed E-state index contributed by atoms with van der Waals surface area (Å²) < 4.78 is 1.92. The second-order valence-electron chi connectivity index (χ2n) is 5.46. The van der Waals surface area contributed by atoms with E-state index < -0.39 is 0 Å². The molecule has 1 N–H and O–H groups in total. The van der Waals surface area contributed by atoms with E-state index >= 15 is 0 Å². The van der Waals surface area contributed by atoms with Crippen LogP contribution in [0.25, 0.3) is 0 Å². The Labute approximate surface area is 118 Å². The molecule has 0 aliphatic heterocycles. The summed E-state index contributed by atoms with van der Waals surface area (Å²) in [5.74, 6) is -0.00426. The number of nitrogens with zero attached hydrogens (tertiary/aromatic N) is 2. The van der Waals surface area contributed by atoms with Crippen LogP contribution in [-0.4, -0.2) is 15.7 Å². The third-order valence-electron chi connectivity index (χ3n) is 3.96. The molecule has 20 heavy (non-hydrogen) atoms. The van der Waals surface area contributed by atoms with Crippen molar-refractivity contribution >= 4 is 5.91 Å². The fourth-order valence-electron chi connectivity index (χ4n) is 2.88. The number of hydrogen-bond donors (Lipinski definition) is 1. The van der Waals surface area contributed by atoms with E-state index in [1.807, 2.05) is 49.1 Å². The zero-order chi connectivity index (χ0) is 14.1. The van der Waals surface area contributed by atoms with Crippen molar-refractivity contribution in [2.75, 3.05) is 0 Å². The number of carbonyl (C=O) groups excluding carboxylic acids is 1. The number of aromatic nitrogens is 2. The van der Waals surface area contributed by atoms with Crippen LogP contribution in [-0.2, 0) is 13.5 Å². The summed E-state index contributed by atoms with van der Waals surface area (Å²) in [5.41, 5.74) is 4.23. The Morgan fingerprint density at radius 3 is 3.10 bits per heavy atom. The van der Waals surface area contributed by atoms with Gasteiger partial charge in [0.05, 0.1) is 12.2 Å². The Balaban J connectivity index is 1.80. The molecule has 104 valence electrons. The number of amides is 1. The lowest BCUT2D eigenvalue weighted by molar-refractivity contribution is 0.0932. The minimum absolute atomic E-state index is 0.00426. The number of rotatable bonds is 2. The highest BCUT2D eigenvalue weighted by Gasteiger charge is 2.24. The monoisotopic (exact) mass is 269 g/mol. The van der Waals surface area contributed by atoms with Crippen LogP contribution in [0.2, 0.25) is 0 Å². The number of carbonyl (C=O) groups is 1. The molecule has 0 radical (unpaired) electrons. The summed E-state index contributed by atoms with van der Waals surface area (Å²) >= 11 is 0. The molecule has 1 aromatic carbocycles. The molecule has 0 fully saturated rings. The Hall–Kier alpha value is -2.10. The molecule has 4 heteroatoms. The topological polar surface area (TPSA) is 46.9 Å². The first-order valence-electron chi connectivity index (χ1n) is 7.03. The van der Waals surface area contributed by atoms with Crippen LogP contribution >= 0.6 is 0 Å². The van der Waals surface area contributed by atoms with Crippen molar-refractivity contribution in [2.24, 2.45) is 7.05 Å². The number of nitrogens with one attached hydrogen (secondary N) is 1. The van der Waals surface area contributed by atoms with Gasteiger partial charge in [-0.3, -0.25) is 9.48 Å². The number of aryl methyl sites for hydroxylation is 2. The van der Waals surface area contributed by atoms with Crippen molar-refractivity contribution in [3.05, 3.63) is 52.8 Å². The van der Waals surface area contributed by atoms with Gasteiger partial charge in [0.15, 0.2) is 0 Å². The van der Waals surface area contributed by atoms with E-state index in [1.54, 1.807) is 0 Å². The summed E-state index contributed by atoms with van der Waals surface area (Å²) in [7, 11) is 1.96. The highest BCUT2D eigenvalue weighted by atomic mass is 16.1. The van der Waals surface area contributed by atoms with Crippen LogP contribution in [0.4, 0.5) is 0 Å². The van der Waals surface area contributed by atoms with Crippen LogP contribution in [0.3, 0.4) is 0 Å². The van der Waals surface area contributed by atoms with Crippen LogP contribution in [0.15, 0.2) is 30.5 Å². The Bertz CT molecular complexity index is 645. The van der Waals surface area contributed by atoms with Gasteiger partial charge >= 0.3 is 0 Å². The zero-order valence-corrected chi connectivity index (χ0v) is 11.9. The third kappa shape index (κ3) is 2.33. The lowest BCUT2D eigenvalue weighted by Crippen LogP contribution is -2.31. The number of benzene rings is 1. The third-order valence-corrected chi connectivity index (χ3v) is 3.96. The van der Waals surface area contributed by atoms with E-state index in [4.69, 9.17) is 0 Å². The van der Waals surface area contributed by atoms with Crippen molar-refractivity contribution in [1.82, 2.24) is 15.1 Å². The molecule has 0 unspecified atom stereocenters. The van der Waals surface area contributed by atoms with Crippen molar-refractivity contribution in [3.8, 4) is 0 Å². The minimum Gasteiger partial charge on any atom is -0.345 e. The van der Waals surface area contributed by atoms with Gasteiger partial charge in [-0.25, -0.2) is 0 Å². The summed E-state index contributed by atoms with van der Waals surface area (Å²) in [5, 5.41) is 7.45. The fourth-order valence-corrected chi connectivity index (χ4v) is 2.88. The summed E-state index contributed by atoms with van der Waals surface area (Å²) in [6, 6.07) is 7.77. The Morgan fingerprint density at radius 2 is 2.30 bits per heavy atom. The van der Waals surface area contributed by atoms with E-state index in [-0.39, 0.29) is 11.9 Å². The number of fused-ring (bicyclic) bond motifs is 1. The molecule has 0 saturated heterocycles. The van der Waals surface area contributed by atoms with Gasteiger partial charge in [0.2, 0.25) is 0 Å². The average molecular weight is 269 g/mol. The highest BCUT2D eigenvalue weighted by molar-refractivity contribution is 5.94. The molecule has 1 atom stereocenters. The summed E-state index contributed by atoms with van der Waals surface area (Å²) in [4.78, 5) is 12.3. The highest BCUT2D eigenvalue weighted by Crippen LogP contribution is 2.29. The second-order valence-corrected chi connectivity index (χ2v) is 5.46. The molecule has 0 saturated carbocycles. The van der Waals surface area contributed by atoms with E-state index in [0.29, 0.717) is 0 Å². The molecule has 1 heterocycles. The predicted molar refractivity (Wildman–Crippen MR) is 77.5 cm³/mol. The lowest BCUT2D eigenvalue weighted by Gasteiger charge is -2.23. The van der Waals surface area contributed by atoms with Crippen molar-refractivity contribution in [3.63, 3.8) is 0 Å². The first-order valence-corrected chi connectivity index (χ1v) is 7.03. The molecule has 0 bridgehead atoms. The fraction of sp³-hybridized carbons (Fsp3) is 0.375. The van der Waals surface area contributed by atoms with Gasteiger partial charge in [-0.1, -0.05) is 17.7 Å². The first kappa shape index (κ1) is 12.9. The summed E-state index contributed by atoms with van der Waals surface area (Å²) in [6.07, 6.45) is 5.00. The Kier molecular flexibility index (Phi) is 3.30. The smallest absolute Gasteiger partial charge is 0.251 e. The molecule has 2 aromatic rings. The van der Waals surface area contributed by atoms with Crippen LogP contribution in [0.5, 0.6) is 0 Å². The maximum absolute atomic E-state index is 12.3. The van der Waals surface area contributed by atoms with Crippen molar-refractivity contribution in [2.45, 2.75) is 32.2 Å². The molecular formula is C16H19N3O. The van der Waals surface area contributed by atoms with E-state index in [2.05, 4.69) is 10.4 Å². The average Bonchev–Trinajstić information content (AvgIpc) is 2.82. The maximum Gasteiger partial charge on any atom is 0.251 e. The lowest BCUT2D eigenvalue weighted by atomic mass is 9.92. The molecule has 1 aromatic heterocycles. The molecule has 1 aliphatic rings.